The van der Waals surface area contributed by atoms with Crippen LogP contribution in [0, 0.1) is 12.3 Å². The maximum absolute atomic E-state index is 11.9. The molecule has 19 heavy (non-hydrogen) atoms. The fourth-order valence-electron chi connectivity index (χ4n) is 2.48. The van der Waals surface area contributed by atoms with Crippen molar-refractivity contribution >= 4 is 5.91 Å². The lowest BCUT2D eigenvalue weighted by Crippen LogP contribution is -2.32. The Bertz CT molecular complexity index is 665. The van der Waals surface area contributed by atoms with Crippen molar-refractivity contribution < 1.29 is 4.79 Å². The summed E-state index contributed by atoms with van der Waals surface area (Å²) in [5.74, 6) is 2.64. The molecule has 4 heteroatoms. The van der Waals surface area contributed by atoms with Gasteiger partial charge < -0.3 is 9.88 Å². The van der Waals surface area contributed by atoms with Gasteiger partial charge in [0.05, 0.1) is 12.1 Å². The Morgan fingerprint density at radius 1 is 1.42 bits per heavy atom. The largest absolute Gasteiger partial charge is 0.352 e. The summed E-state index contributed by atoms with van der Waals surface area (Å²) in [7, 11) is 0. The molecule has 1 aliphatic rings. The summed E-state index contributed by atoms with van der Waals surface area (Å²) in [6, 6.07) is 5.76. The SMILES string of the molecule is C#CCn1c(-c2ccncc2)cc2c1CCNC2=O. The number of rotatable bonds is 2. The van der Waals surface area contributed by atoms with Crippen LogP contribution < -0.4 is 5.32 Å². The number of nitrogens with one attached hydrogen (secondary N) is 1. The summed E-state index contributed by atoms with van der Waals surface area (Å²) in [6.07, 6.45) is 9.74. The molecule has 0 atom stereocenters. The van der Waals surface area contributed by atoms with Gasteiger partial charge in [-0.15, -0.1) is 6.42 Å². The minimum Gasteiger partial charge on any atom is -0.352 e. The van der Waals surface area contributed by atoms with Gasteiger partial charge >= 0.3 is 0 Å². The lowest BCUT2D eigenvalue weighted by atomic mass is 10.1. The van der Waals surface area contributed by atoms with Crippen LogP contribution in [0.15, 0.2) is 30.6 Å². The van der Waals surface area contributed by atoms with Crippen LogP contribution in [0.25, 0.3) is 11.3 Å². The Hall–Kier alpha value is -2.54. The maximum atomic E-state index is 11.9. The van der Waals surface area contributed by atoms with E-state index in [0.717, 1.165) is 28.9 Å². The van der Waals surface area contributed by atoms with Crippen LogP contribution >= 0.6 is 0 Å². The highest BCUT2D eigenvalue weighted by atomic mass is 16.1. The van der Waals surface area contributed by atoms with Crippen molar-refractivity contribution in [3.05, 3.63) is 41.9 Å². The van der Waals surface area contributed by atoms with E-state index in [9.17, 15) is 4.79 Å². The summed E-state index contributed by atoms with van der Waals surface area (Å²) in [4.78, 5) is 15.9. The predicted octanol–water partition coefficient (Wildman–Crippen LogP) is 1.47. The molecule has 0 radical (unpaired) electrons. The van der Waals surface area contributed by atoms with Crippen molar-refractivity contribution in [3.8, 4) is 23.6 Å². The Labute approximate surface area is 111 Å². The van der Waals surface area contributed by atoms with Gasteiger partial charge in [0.15, 0.2) is 0 Å². The Balaban J connectivity index is 2.20. The second-order valence-corrected chi connectivity index (χ2v) is 4.42. The van der Waals surface area contributed by atoms with Crippen LogP contribution in [0.5, 0.6) is 0 Å². The number of pyridine rings is 1. The van der Waals surface area contributed by atoms with Crippen LogP contribution in [0.2, 0.25) is 0 Å². The van der Waals surface area contributed by atoms with Gasteiger partial charge in [0, 0.05) is 42.3 Å². The molecular weight excluding hydrogens is 238 g/mol. The van der Waals surface area contributed by atoms with E-state index in [1.54, 1.807) is 12.4 Å². The number of hydrogen-bond donors (Lipinski definition) is 1. The molecule has 1 N–H and O–H groups in total. The summed E-state index contributed by atoms with van der Waals surface area (Å²) in [6.45, 7) is 1.14. The van der Waals surface area contributed by atoms with Gasteiger partial charge in [-0.25, -0.2) is 0 Å². The molecule has 0 saturated carbocycles. The quantitative estimate of drug-likeness (QED) is 0.822. The van der Waals surface area contributed by atoms with Crippen molar-refractivity contribution in [1.29, 1.82) is 0 Å². The maximum Gasteiger partial charge on any atom is 0.253 e. The normalized spacial score (nSPS) is 13.5. The van der Waals surface area contributed by atoms with Crippen molar-refractivity contribution in [3.63, 3.8) is 0 Å². The molecule has 0 unspecified atom stereocenters. The smallest absolute Gasteiger partial charge is 0.253 e. The fourth-order valence-corrected chi connectivity index (χ4v) is 2.48. The van der Waals surface area contributed by atoms with Crippen molar-refractivity contribution in [1.82, 2.24) is 14.9 Å². The molecule has 4 nitrogen and oxygen atoms in total. The van der Waals surface area contributed by atoms with Crippen LogP contribution in [-0.2, 0) is 13.0 Å². The fraction of sp³-hybridized carbons (Fsp3) is 0.200. The zero-order chi connectivity index (χ0) is 13.2. The minimum absolute atomic E-state index is 0.0210. The number of fused-ring (bicyclic) bond motifs is 1. The third kappa shape index (κ3) is 1.89. The van der Waals surface area contributed by atoms with Gasteiger partial charge in [0.2, 0.25) is 0 Å². The zero-order valence-electron chi connectivity index (χ0n) is 10.4. The van der Waals surface area contributed by atoms with Gasteiger partial charge in [0.25, 0.3) is 5.91 Å². The summed E-state index contributed by atoms with van der Waals surface area (Å²) >= 11 is 0. The van der Waals surface area contributed by atoms with Gasteiger partial charge in [-0.1, -0.05) is 5.92 Å². The average Bonchev–Trinajstić information content (AvgIpc) is 2.81. The standard InChI is InChI=1S/C15H13N3O/c1-2-9-18-13-5-8-17-15(19)12(13)10-14(18)11-3-6-16-7-4-11/h1,3-4,6-7,10H,5,8-9H2,(H,17,19). The van der Waals surface area contributed by atoms with Crippen molar-refractivity contribution in [2.45, 2.75) is 13.0 Å². The van der Waals surface area contributed by atoms with E-state index in [1.165, 1.54) is 0 Å². The lowest BCUT2D eigenvalue weighted by Gasteiger charge is -2.16. The minimum atomic E-state index is -0.0210. The number of terminal acetylenes is 1. The van der Waals surface area contributed by atoms with E-state index in [-0.39, 0.29) is 5.91 Å². The molecule has 3 heterocycles. The van der Waals surface area contributed by atoms with Crippen molar-refractivity contribution in [2.75, 3.05) is 6.54 Å². The third-order valence-corrected chi connectivity index (χ3v) is 3.33. The number of nitrogens with zero attached hydrogens (tertiary/aromatic N) is 2. The summed E-state index contributed by atoms with van der Waals surface area (Å²) in [5.41, 5.74) is 3.75. The molecule has 0 aromatic carbocycles. The topological polar surface area (TPSA) is 46.9 Å². The van der Waals surface area contributed by atoms with Gasteiger partial charge in [-0.05, 0) is 18.2 Å². The first kappa shape index (κ1) is 11.5. The highest BCUT2D eigenvalue weighted by Crippen LogP contribution is 2.27. The van der Waals surface area contributed by atoms with E-state index < -0.39 is 0 Å². The first-order chi connectivity index (χ1) is 9.31. The second-order valence-electron chi connectivity index (χ2n) is 4.42. The molecule has 1 aliphatic heterocycles. The molecule has 1 amide bonds. The number of hydrogen-bond acceptors (Lipinski definition) is 2. The first-order valence-electron chi connectivity index (χ1n) is 6.15. The lowest BCUT2D eigenvalue weighted by molar-refractivity contribution is 0.0945. The van der Waals surface area contributed by atoms with Crippen LogP contribution in [-0.4, -0.2) is 22.0 Å². The number of aromatic nitrogens is 2. The average molecular weight is 251 g/mol. The van der Waals surface area contributed by atoms with E-state index in [1.807, 2.05) is 22.8 Å². The highest BCUT2D eigenvalue weighted by molar-refractivity contribution is 5.98. The molecule has 0 saturated heterocycles. The number of carbonyl (C=O) groups is 1. The molecule has 2 aromatic rings. The van der Waals surface area contributed by atoms with Crippen LogP contribution in [0.1, 0.15) is 16.1 Å². The Morgan fingerprint density at radius 2 is 2.21 bits per heavy atom. The third-order valence-electron chi connectivity index (χ3n) is 3.33. The predicted molar refractivity (Wildman–Crippen MR) is 72.5 cm³/mol. The first-order valence-corrected chi connectivity index (χ1v) is 6.15. The zero-order valence-corrected chi connectivity index (χ0v) is 10.4. The molecule has 0 aliphatic carbocycles. The summed E-state index contributed by atoms with van der Waals surface area (Å²) < 4.78 is 2.05. The van der Waals surface area contributed by atoms with E-state index in [0.29, 0.717) is 13.1 Å². The van der Waals surface area contributed by atoms with E-state index in [4.69, 9.17) is 6.42 Å². The van der Waals surface area contributed by atoms with Gasteiger partial charge in [-0.3, -0.25) is 9.78 Å². The Kier molecular flexibility index (Phi) is 2.81. The Morgan fingerprint density at radius 3 is 2.95 bits per heavy atom. The molecule has 2 aromatic heterocycles. The van der Waals surface area contributed by atoms with Gasteiger partial charge in [0.1, 0.15) is 0 Å². The van der Waals surface area contributed by atoms with Crippen LogP contribution in [0.4, 0.5) is 0 Å². The van der Waals surface area contributed by atoms with E-state index >= 15 is 0 Å². The van der Waals surface area contributed by atoms with E-state index in [2.05, 4.69) is 16.2 Å². The highest BCUT2D eigenvalue weighted by Gasteiger charge is 2.23. The molecule has 3 rings (SSSR count). The van der Waals surface area contributed by atoms with Gasteiger partial charge in [-0.2, -0.15) is 0 Å². The number of amides is 1. The van der Waals surface area contributed by atoms with Crippen molar-refractivity contribution in [2.24, 2.45) is 0 Å². The molecule has 0 fully saturated rings. The molecule has 94 valence electrons. The van der Waals surface area contributed by atoms with Crippen LogP contribution in [0.3, 0.4) is 0 Å². The molecular formula is C15H13N3O. The number of carbonyl (C=O) groups excluding carboxylic acids is 1. The monoisotopic (exact) mass is 251 g/mol. The molecule has 0 spiro atoms. The molecule has 0 bridgehead atoms. The summed E-state index contributed by atoms with van der Waals surface area (Å²) in [5, 5.41) is 2.86. The second kappa shape index (κ2) is 4.62.